The quantitative estimate of drug-likeness (QED) is 0.195. The van der Waals surface area contributed by atoms with Crippen molar-refractivity contribution in [2.24, 2.45) is 5.92 Å². The van der Waals surface area contributed by atoms with Gasteiger partial charge in [0.25, 0.3) is 0 Å². The van der Waals surface area contributed by atoms with Crippen LogP contribution in [-0.2, 0) is 15.9 Å². The number of para-hydroxylation sites is 1. The van der Waals surface area contributed by atoms with Crippen LogP contribution in [0, 0.1) is 17.6 Å². The average molecular weight is 670 g/mol. The number of carboxylic acid groups (broad SMARTS) is 1. The summed E-state index contributed by atoms with van der Waals surface area (Å²) >= 11 is 0. The van der Waals surface area contributed by atoms with Crippen LogP contribution in [0.2, 0.25) is 0 Å². The number of hydrogen-bond donors (Lipinski definition) is 1. The molecule has 5 rings (SSSR count). The predicted molar refractivity (Wildman–Crippen MR) is 160 cm³/mol. The van der Waals surface area contributed by atoms with Crippen molar-refractivity contribution in [1.29, 1.82) is 0 Å². The SMILES string of the molecule is C[C@@H]1Cc2c(n(C(=O)O)c3ccccc23)[C@@H](c2c(F)cc([C@@H](CCN3CC(CF)C3)OC(=O)OC(C)(C)C)cc2F)N1CC(F)(F)F. The van der Waals surface area contributed by atoms with E-state index in [1.165, 1.54) is 13.0 Å². The van der Waals surface area contributed by atoms with Crippen LogP contribution in [0.4, 0.5) is 35.9 Å². The number of carbonyl (C=O) groups is 2. The van der Waals surface area contributed by atoms with Crippen molar-refractivity contribution in [3.63, 3.8) is 0 Å². The number of hydrogen-bond acceptors (Lipinski definition) is 6. The summed E-state index contributed by atoms with van der Waals surface area (Å²) in [6.45, 7) is 5.51. The lowest BCUT2D eigenvalue weighted by atomic mass is 9.87. The smallest absolute Gasteiger partial charge is 0.464 e. The first kappa shape index (κ1) is 34.6. The first-order valence-electron chi connectivity index (χ1n) is 15.3. The lowest BCUT2D eigenvalue weighted by Crippen LogP contribution is -2.48. The van der Waals surface area contributed by atoms with Crippen LogP contribution < -0.4 is 0 Å². The molecular formula is C33H37F6N3O5. The Morgan fingerprint density at radius 3 is 2.28 bits per heavy atom. The van der Waals surface area contributed by atoms with Gasteiger partial charge in [-0.3, -0.25) is 9.29 Å². The van der Waals surface area contributed by atoms with E-state index >= 15 is 8.78 Å². The minimum absolute atomic E-state index is 0.00952. The Bertz CT molecular complexity index is 1620. The van der Waals surface area contributed by atoms with Crippen LogP contribution in [0.5, 0.6) is 0 Å². The summed E-state index contributed by atoms with van der Waals surface area (Å²) in [5, 5.41) is 10.7. The van der Waals surface area contributed by atoms with Gasteiger partial charge >= 0.3 is 18.4 Å². The molecule has 1 fully saturated rings. The van der Waals surface area contributed by atoms with E-state index in [1.54, 1.807) is 39.0 Å². The monoisotopic (exact) mass is 669 g/mol. The molecule has 0 bridgehead atoms. The molecule has 2 aromatic carbocycles. The molecule has 0 unspecified atom stereocenters. The first-order chi connectivity index (χ1) is 22.0. The lowest BCUT2D eigenvalue weighted by molar-refractivity contribution is -0.155. The number of rotatable bonds is 8. The van der Waals surface area contributed by atoms with Crippen molar-refractivity contribution in [3.8, 4) is 0 Å². The number of alkyl halides is 4. The summed E-state index contributed by atoms with van der Waals surface area (Å²) in [5.41, 5.74) is -1.42. The number of ether oxygens (including phenoxy) is 2. The third kappa shape index (κ3) is 7.38. The molecule has 2 aliphatic heterocycles. The molecule has 256 valence electrons. The average Bonchev–Trinajstić information content (AvgIpc) is 3.25. The zero-order chi connectivity index (χ0) is 34.4. The summed E-state index contributed by atoms with van der Waals surface area (Å²) in [6, 6.07) is 5.47. The highest BCUT2D eigenvalue weighted by Crippen LogP contribution is 2.45. The van der Waals surface area contributed by atoms with Gasteiger partial charge in [-0.15, -0.1) is 0 Å². The Morgan fingerprint density at radius 1 is 1.06 bits per heavy atom. The molecule has 0 amide bonds. The number of carbonyl (C=O) groups excluding carboxylic acids is 1. The maximum absolute atomic E-state index is 16.3. The van der Waals surface area contributed by atoms with Crippen LogP contribution in [-0.4, -0.2) is 82.4 Å². The number of aromatic nitrogens is 1. The normalized spacial score (nSPS) is 20.1. The fraction of sp³-hybridized carbons (Fsp3) is 0.515. The highest BCUT2D eigenvalue weighted by atomic mass is 19.4. The second-order valence-corrected chi connectivity index (χ2v) is 13.3. The molecule has 2 aliphatic rings. The van der Waals surface area contributed by atoms with E-state index in [4.69, 9.17) is 9.47 Å². The van der Waals surface area contributed by atoms with E-state index in [-0.39, 0.29) is 35.5 Å². The minimum Gasteiger partial charge on any atom is -0.464 e. The highest BCUT2D eigenvalue weighted by molar-refractivity contribution is 5.94. The van der Waals surface area contributed by atoms with Gasteiger partial charge in [0.1, 0.15) is 23.3 Å². The molecule has 3 aromatic rings. The fourth-order valence-corrected chi connectivity index (χ4v) is 6.61. The van der Waals surface area contributed by atoms with Crippen molar-refractivity contribution >= 4 is 23.2 Å². The van der Waals surface area contributed by atoms with Crippen molar-refractivity contribution < 1.29 is 50.5 Å². The van der Waals surface area contributed by atoms with Crippen molar-refractivity contribution in [3.05, 3.63) is 70.4 Å². The van der Waals surface area contributed by atoms with E-state index in [1.807, 2.05) is 4.90 Å². The van der Waals surface area contributed by atoms with Crippen LogP contribution in [0.15, 0.2) is 36.4 Å². The highest BCUT2D eigenvalue weighted by Gasteiger charge is 2.46. The zero-order valence-electron chi connectivity index (χ0n) is 26.4. The number of halogens is 6. The summed E-state index contributed by atoms with van der Waals surface area (Å²) in [4.78, 5) is 27.9. The Balaban J connectivity index is 1.60. The van der Waals surface area contributed by atoms with Gasteiger partial charge in [0.05, 0.1) is 30.5 Å². The number of likely N-dealkylation sites (tertiary alicyclic amines) is 1. The third-order valence-electron chi connectivity index (χ3n) is 8.56. The van der Waals surface area contributed by atoms with Crippen LogP contribution in [0.25, 0.3) is 10.9 Å². The lowest BCUT2D eigenvalue weighted by Gasteiger charge is -2.42. The summed E-state index contributed by atoms with van der Waals surface area (Å²) in [6.07, 6.45) is -8.53. The Kier molecular flexibility index (Phi) is 9.57. The third-order valence-corrected chi connectivity index (χ3v) is 8.56. The van der Waals surface area contributed by atoms with E-state index < -0.39 is 72.6 Å². The molecule has 0 saturated carbocycles. The fourth-order valence-electron chi connectivity index (χ4n) is 6.61. The van der Waals surface area contributed by atoms with Gasteiger partial charge in [0.15, 0.2) is 0 Å². The van der Waals surface area contributed by atoms with Crippen LogP contribution in [0.3, 0.4) is 0 Å². The van der Waals surface area contributed by atoms with Gasteiger partial charge in [0.2, 0.25) is 0 Å². The van der Waals surface area contributed by atoms with E-state index in [9.17, 15) is 32.3 Å². The first-order valence-corrected chi connectivity index (χ1v) is 15.3. The molecule has 1 aromatic heterocycles. The molecule has 0 radical (unpaired) electrons. The summed E-state index contributed by atoms with van der Waals surface area (Å²) in [7, 11) is 0. The van der Waals surface area contributed by atoms with Gasteiger partial charge in [0, 0.05) is 49.0 Å². The standard InChI is InChI=1S/C33H37F6N3O5/c1-18-11-22-21-7-5-6-8-25(21)42(30(43)44)28(22)29(41(18)17-33(37,38)39)27-23(35)12-20(13-24(27)36)26(46-31(45)47-32(2,3)4)9-10-40-15-19(14-34)16-40/h5-8,12-13,18-19,26,29H,9-11,14-17H2,1-4H3,(H,43,44)/t18-,26-,29-/m1/s1. The molecule has 14 heteroatoms. The van der Waals surface area contributed by atoms with Gasteiger partial charge in [-0.25, -0.2) is 22.9 Å². The molecule has 47 heavy (non-hydrogen) atoms. The molecule has 0 spiro atoms. The van der Waals surface area contributed by atoms with Gasteiger partial charge in [-0.2, -0.15) is 13.2 Å². The van der Waals surface area contributed by atoms with Crippen LogP contribution in [0.1, 0.15) is 68.6 Å². The molecule has 1 N–H and O–H groups in total. The van der Waals surface area contributed by atoms with Gasteiger partial charge < -0.3 is 19.5 Å². The maximum Gasteiger partial charge on any atom is 0.509 e. The van der Waals surface area contributed by atoms with Crippen molar-refractivity contribution in [2.45, 2.75) is 70.5 Å². The van der Waals surface area contributed by atoms with Crippen molar-refractivity contribution in [2.75, 3.05) is 32.9 Å². The summed E-state index contributed by atoms with van der Waals surface area (Å²) < 4.78 is 99.0. The molecular weight excluding hydrogens is 632 g/mol. The maximum atomic E-state index is 16.3. The van der Waals surface area contributed by atoms with E-state index in [0.29, 0.717) is 30.6 Å². The van der Waals surface area contributed by atoms with Gasteiger partial charge in [-0.05, 0) is 63.4 Å². The van der Waals surface area contributed by atoms with Gasteiger partial charge in [-0.1, -0.05) is 18.2 Å². The van der Waals surface area contributed by atoms with Crippen molar-refractivity contribution in [1.82, 2.24) is 14.4 Å². The Labute approximate surface area is 267 Å². The minimum atomic E-state index is -4.78. The van der Waals surface area contributed by atoms with Crippen LogP contribution >= 0.6 is 0 Å². The second-order valence-electron chi connectivity index (χ2n) is 13.3. The van der Waals surface area contributed by atoms with E-state index in [2.05, 4.69) is 0 Å². The zero-order valence-corrected chi connectivity index (χ0v) is 26.4. The number of nitrogens with zero attached hydrogens (tertiary/aromatic N) is 3. The molecule has 8 nitrogen and oxygen atoms in total. The Hall–Kier alpha value is -3.78. The molecule has 1 saturated heterocycles. The number of fused-ring (bicyclic) bond motifs is 3. The molecule has 3 atom stereocenters. The molecule has 0 aliphatic carbocycles. The largest absolute Gasteiger partial charge is 0.509 e. The second kappa shape index (κ2) is 13.0. The summed E-state index contributed by atoms with van der Waals surface area (Å²) in [5.74, 6) is -2.60. The molecule has 3 heterocycles. The predicted octanol–water partition coefficient (Wildman–Crippen LogP) is 7.63. The van der Waals surface area contributed by atoms with E-state index in [0.717, 1.165) is 21.6 Å². The number of benzene rings is 2. The topological polar surface area (TPSA) is 84.2 Å². The Morgan fingerprint density at radius 2 is 1.70 bits per heavy atom.